The molecule has 1 aromatic heterocycles. The Morgan fingerprint density at radius 3 is 2.64 bits per heavy atom. The first-order valence-electron chi connectivity index (χ1n) is 9.94. The number of phenolic OH excluding ortho intramolecular Hbond substituents is 1. The predicted molar refractivity (Wildman–Crippen MR) is 111 cm³/mol. The fourth-order valence-corrected chi connectivity index (χ4v) is 3.00. The molecule has 0 saturated heterocycles. The van der Waals surface area contributed by atoms with Gasteiger partial charge in [-0.15, -0.1) is 0 Å². The maximum atomic E-state index is 10.1. The van der Waals surface area contributed by atoms with E-state index < -0.39 is 0 Å². The number of methoxy groups -OCH3 is 1. The van der Waals surface area contributed by atoms with Gasteiger partial charge in [-0.2, -0.15) is 0 Å². The van der Waals surface area contributed by atoms with Crippen LogP contribution in [-0.2, 0) is 13.0 Å². The molecule has 154 valence electrons. The first-order valence-corrected chi connectivity index (χ1v) is 9.94. The first-order chi connectivity index (χ1) is 13.6. The Bertz CT molecular complexity index is 754. The van der Waals surface area contributed by atoms with Crippen molar-refractivity contribution in [1.82, 2.24) is 15.8 Å². The second-order valence-electron chi connectivity index (χ2n) is 6.60. The number of guanidine groups is 1. The topological polar surface area (TPSA) is 91.9 Å². The molecule has 0 unspecified atom stereocenters. The minimum Gasteiger partial charge on any atom is -0.508 e. The number of aliphatic imine (C=N–C) groups is 1. The van der Waals surface area contributed by atoms with E-state index in [0.29, 0.717) is 37.1 Å². The minimum absolute atomic E-state index is 0.235. The van der Waals surface area contributed by atoms with Gasteiger partial charge in [0, 0.05) is 31.1 Å². The summed E-state index contributed by atoms with van der Waals surface area (Å²) < 4.78 is 10.5. The van der Waals surface area contributed by atoms with Crippen molar-refractivity contribution in [2.45, 2.75) is 52.5 Å². The van der Waals surface area contributed by atoms with Gasteiger partial charge < -0.3 is 25.0 Å². The average Bonchev–Trinajstić information content (AvgIpc) is 3.17. The zero-order chi connectivity index (χ0) is 20.4. The van der Waals surface area contributed by atoms with Crippen LogP contribution < -0.4 is 15.4 Å². The quantitative estimate of drug-likeness (QED) is 0.426. The van der Waals surface area contributed by atoms with E-state index in [1.54, 1.807) is 13.2 Å². The van der Waals surface area contributed by atoms with Crippen LogP contribution in [0.4, 0.5) is 0 Å². The maximum Gasteiger partial charge on any atom is 0.191 e. The molecule has 28 heavy (non-hydrogen) atoms. The number of benzene rings is 1. The van der Waals surface area contributed by atoms with Gasteiger partial charge in [0.2, 0.25) is 0 Å². The lowest BCUT2D eigenvalue weighted by Gasteiger charge is -2.12. The van der Waals surface area contributed by atoms with E-state index in [2.05, 4.69) is 34.6 Å². The van der Waals surface area contributed by atoms with Crippen LogP contribution in [-0.4, -0.2) is 36.4 Å². The molecule has 0 atom stereocenters. The molecule has 0 saturated carbocycles. The third-order valence-electron chi connectivity index (χ3n) is 4.70. The Kier molecular flexibility index (Phi) is 8.65. The number of phenols is 1. The second kappa shape index (κ2) is 11.2. The van der Waals surface area contributed by atoms with Gasteiger partial charge in [0.05, 0.1) is 12.8 Å². The van der Waals surface area contributed by atoms with E-state index in [9.17, 15) is 5.11 Å². The minimum atomic E-state index is 0.235. The number of hydrogen-bond acceptors (Lipinski definition) is 5. The Labute approximate surface area is 167 Å². The fourth-order valence-electron chi connectivity index (χ4n) is 3.00. The molecule has 7 nitrogen and oxygen atoms in total. The van der Waals surface area contributed by atoms with Crippen molar-refractivity contribution in [2.24, 2.45) is 4.99 Å². The number of aromatic nitrogens is 1. The summed E-state index contributed by atoms with van der Waals surface area (Å²) in [4.78, 5) is 4.57. The summed E-state index contributed by atoms with van der Waals surface area (Å²) in [7, 11) is 1.58. The van der Waals surface area contributed by atoms with Crippen LogP contribution in [0.25, 0.3) is 0 Å². The molecule has 0 aliphatic carbocycles. The summed E-state index contributed by atoms with van der Waals surface area (Å²) >= 11 is 0. The van der Waals surface area contributed by atoms with Crippen molar-refractivity contribution in [3.05, 3.63) is 41.3 Å². The van der Waals surface area contributed by atoms with Gasteiger partial charge in [0.15, 0.2) is 11.7 Å². The Morgan fingerprint density at radius 2 is 2.00 bits per heavy atom. The van der Waals surface area contributed by atoms with E-state index in [0.717, 1.165) is 36.4 Å². The lowest BCUT2D eigenvalue weighted by atomic mass is 9.99. The molecule has 7 heteroatoms. The number of aromatic hydroxyl groups is 1. The molecule has 1 aromatic carbocycles. The van der Waals surface area contributed by atoms with Crippen LogP contribution in [0.5, 0.6) is 11.5 Å². The zero-order valence-electron chi connectivity index (χ0n) is 17.3. The molecule has 0 bridgehead atoms. The van der Waals surface area contributed by atoms with Crippen molar-refractivity contribution in [1.29, 1.82) is 0 Å². The molecular formula is C21H32N4O3. The molecule has 1 heterocycles. The van der Waals surface area contributed by atoms with E-state index >= 15 is 0 Å². The Hall–Kier alpha value is -2.70. The molecule has 0 aliphatic heterocycles. The largest absolute Gasteiger partial charge is 0.508 e. The zero-order valence-corrected chi connectivity index (χ0v) is 17.3. The van der Waals surface area contributed by atoms with Crippen LogP contribution >= 0.6 is 0 Å². The Balaban J connectivity index is 1.92. The molecular weight excluding hydrogens is 356 g/mol. The number of ether oxygens (including phenoxy) is 1. The van der Waals surface area contributed by atoms with Gasteiger partial charge in [0.1, 0.15) is 18.0 Å². The highest BCUT2D eigenvalue weighted by Crippen LogP contribution is 2.24. The fraction of sp³-hybridized carbons (Fsp3) is 0.524. The summed E-state index contributed by atoms with van der Waals surface area (Å²) in [5.74, 6) is 2.77. The summed E-state index contributed by atoms with van der Waals surface area (Å²) in [6.07, 6.45) is 2.77. The molecule has 2 rings (SSSR count). The summed E-state index contributed by atoms with van der Waals surface area (Å²) in [5, 5.41) is 20.7. The van der Waals surface area contributed by atoms with Crippen LogP contribution in [0.2, 0.25) is 0 Å². The molecule has 2 aromatic rings. The number of nitrogens with one attached hydrogen (secondary N) is 2. The van der Waals surface area contributed by atoms with Crippen molar-refractivity contribution in [3.63, 3.8) is 0 Å². The van der Waals surface area contributed by atoms with Crippen molar-refractivity contribution in [2.75, 3.05) is 20.2 Å². The molecule has 0 aliphatic rings. The first kappa shape index (κ1) is 21.6. The monoisotopic (exact) mass is 388 g/mol. The van der Waals surface area contributed by atoms with E-state index in [1.807, 2.05) is 25.1 Å². The highest BCUT2D eigenvalue weighted by molar-refractivity contribution is 5.79. The van der Waals surface area contributed by atoms with E-state index in [-0.39, 0.29) is 5.75 Å². The lowest BCUT2D eigenvalue weighted by Crippen LogP contribution is -2.38. The van der Waals surface area contributed by atoms with Crippen LogP contribution in [0.3, 0.4) is 0 Å². The summed E-state index contributed by atoms with van der Waals surface area (Å²) in [5.41, 5.74) is 1.86. The van der Waals surface area contributed by atoms with Gasteiger partial charge in [-0.1, -0.05) is 25.1 Å². The third-order valence-corrected chi connectivity index (χ3v) is 4.70. The Morgan fingerprint density at radius 1 is 1.21 bits per heavy atom. The van der Waals surface area contributed by atoms with E-state index in [1.165, 1.54) is 0 Å². The van der Waals surface area contributed by atoms with Crippen molar-refractivity contribution >= 4 is 5.96 Å². The molecule has 3 N–H and O–H groups in total. The second-order valence-corrected chi connectivity index (χ2v) is 6.60. The van der Waals surface area contributed by atoms with Gasteiger partial charge in [-0.3, -0.25) is 0 Å². The molecule has 0 amide bonds. The van der Waals surface area contributed by atoms with Crippen molar-refractivity contribution in [3.8, 4) is 11.5 Å². The normalized spacial score (nSPS) is 11.7. The SMILES string of the molecule is CCNC(=NCc1cc(C(CC)CC)no1)NCCc1ccc(OC)cc1O. The van der Waals surface area contributed by atoms with Crippen LogP contribution in [0, 0.1) is 0 Å². The molecule has 0 radical (unpaired) electrons. The van der Waals surface area contributed by atoms with Crippen molar-refractivity contribution < 1.29 is 14.4 Å². The highest BCUT2D eigenvalue weighted by Gasteiger charge is 2.13. The molecule has 0 fully saturated rings. The van der Waals surface area contributed by atoms with Gasteiger partial charge in [-0.05, 0) is 37.8 Å². The predicted octanol–water partition coefficient (Wildman–Crippen LogP) is 3.59. The lowest BCUT2D eigenvalue weighted by molar-refractivity contribution is 0.372. The van der Waals surface area contributed by atoms with Gasteiger partial charge >= 0.3 is 0 Å². The van der Waals surface area contributed by atoms with Crippen LogP contribution in [0.1, 0.15) is 56.5 Å². The number of hydrogen-bond donors (Lipinski definition) is 3. The summed E-state index contributed by atoms with van der Waals surface area (Å²) in [6.45, 7) is 8.17. The summed E-state index contributed by atoms with van der Waals surface area (Å²) in [6, 6.07) is 7.33. The van der Waals surface area contributed by atoms with Crippen LogP contribution in [0.15, 0.2) is 33.8 Å². The van der Waals surface area contributed by atoms with Gasteiger partial charge in [0.25, 0.3) is 0 Å². The number of rotatable bonds is 10. The van der Waals surface area contributed by atoms with Gasteiger partial charge in [-0.25, -0.2) is 4.99 Å². The average molecular weight is 389 g/mol. The number of nitrogens with zero attached hydrogens (tertiary/aromatic N) is 2. The maximum absolute atomic E-state index is 10.1. The smallest absolute Gasteiger partial charge is 0.191 e. The third kappa shape index (κ3) is 6.18. The van der Waals surface area contributed by atoms with E-state index in [4.69, 9.17) is 9.26 Å². The molecule has 0 spiro atoms. The highest BCUT2D eigenvalue weighted by atomic mass is 16.5. The standard InChI is InChI=1S/C21H32N4O3/c1-5-15(6-2)19-12-18(28-25-19)14-24-21(22-7-3)23-11-10-16-8-9-17(27-4)13-20(16)26/h8-9,12-13,15,26H,5-7,10-11,14H2,1-4H3,(H2,22,23,24).